The van der Waals surface area contributed by atoms with Crippen LogP contribution in [0.1, 0.15) is 28.9 Å². The lowest BCUT2D eigenvalue weighted by atomic mass is 10.0. The number of benzene rings is 2. The Morgan fingerprint density at radius 3 is 2.43 bits per heavy atom. The molecule has 6 heteroatoms. The van der Waals surface area contributed by atoms with Crippen LogP contribution in [0, 0.1) is 5.82 Å². The number of halogens is 1. The molecule has 0 aliphatic heterocycles. The summed E-state index contributed by atoms with van der Waals surface area (Å²) in [5.41, 5.74) is 5.61. The van der Waals surface area contributed by atoms with Gasteiger partial charge in [-0.15, -0.1) is 0 Å². The summed E-state index contributed by atoms with van der Waals surface area (Å²) in [4.78, 5) is 11.1. The van der Waals surface area contributed by atoms with Crippen molar-refractivity contribution in [1.82, 2.24) is 0 Å². The first-order valence-electron chi connectivity index (χ1n) is 6.27. The summed E-state index contributed by atoms with van der Waals surface area (Å²) in [7, 11) is 0. The Bertz CT molecular complexity index is 668. The molecule has 1 atom stereocenters. The molecule has 0 aliphatic rings. The van der Waals surface area contributed by atoms with E-state index in [9.17, 15) is 19.4 Å². The Hall–Kier alpha value is -2.76. The summed E-state index contributed by atoms with van der Waals surface area (Å²) < 4.78 is 13.8. The molecule has 0 aromatic heterocycles. The number of carbonyl (C=O) groups is 1. The third kappa shape index (κ3) is 3.05. The fraction of sp³-hybridized carbons (Fsp3) is 0.133. The molecule has 0 saturated heterocycles. The topological polar surface area (TPSA) is 95.6 Å². The van der Waals surface area contributed by atoms with E-state index in [1.54, 1.807) is 6.92 Å². The van der Waals surface area contributed by atoms with Crippen LogP contribution in [0.5, 0.6) is 11.5 Å². The number of phenolic OH excluding ortho intramolecular Hbond substituents is 2. The van der Waals surface area contributed by atoms with Gasteiger partial charge in [0.2, 0.25) is 5.91 Å². The third-order valence-electron chi connectivity index (χ3n) is 3.12. The predicted octanol–water partition coefficient (Wildman–Crippen LogP) is 2.51. The lowest BCUT2D eigenvalue weighted by Crippen LogP contribution is -2.13. The van der Waals surface area contributed by atoms with Crippen LogP contribution in [0.4, 0.5) is 10.1 Å². The van der Waals surface area contributed by atoms with E-state index in [1.165, 1.54) is 30.3 Å². The second-order valence-electron chi connectivity index (χ2n) is 4.63. The first-order valence-corrected chi connectivity index (χ1v) is 6.27. The average molecular weight is 290 g/mol. The van der Waals surface area contributed by atoms with E-state index in [4.69, 9.17) is 5.73 Å². The van der Waals surface area contributed by atoms with E-state index >= 15 is 0 Å². The number of aromatic hydroxyl groups is 2. The van der Waals surface area contributed by atoms with Crippen molar-refractivity contribution in [3.63, 3.8) is 0 Å². The molecule has 0 aliphatic carbocycles. The Labute approximate surface area is 120 Å². The zero-order valence-corrected chi connectivity index (χ0v) is 11.3. The molecule has 1 amide bonds. The summed E-state index contributed by atoms with van der Waals surface area (Å²) in [6.45, 7) is 1.64. The van der Waals surface area contributed by atoms with E-state index in [-0.39, 0.29) is 28.3 Å². The van der Waals surface area contributed by atoms with Crippen molar-refractivity contribution in [2.45, 2.75) is 13.0 Å². The van der Waals surface area contributed by atoms with Crippen LogP contribution in [0.25, 0.3) is 0 Å². The van der Waals surface area contributed by atoms with Gasteiger partial charge in [-0.2, -0.15) is 0 Å². The molecule has 0 heterocycles. The summed E-state index contributed by atoms with van der Waals surface area (Å²) in [6, 6.07) is 7.45. The highest BCUT2D eigenvalue weighted by atomic mass is 19.1. The van der Waals surface area contributed by atoms with E-state index in [0.717, 1.165) is 6.07 Å². The minimum absolute atomic E-state index is 0.0569. The third-order valence-corrected chi connectivity index (χ3v) is 3.12. The Balaban J connectivity index is 2.33. The van der Waals surface area contributed by atoms with E-state index in [1.807, 2.05) is 0 Å². The number of hydrogen-bond donors (Lipinski definition) is 4. The largest absolute Gasteiger partial charge is 0.507 e. The molecule has 5 nitrogen and oxygen atoms in total. The van der Waals surface area contributed by atoms with Crippen molar-refractivity contribution in [1.29, 1.82) is 0 Å². The molecule has 2 rings (SSSR count). The highest BCUT2D eigenvalue weighted by Crippen LogP contribution is 2.34. The molecule has 1 unspecified atom stereocenters. The number of nitrogens with two attached hydrogens (primary N) is 1. The maximum atomic E-state index is 13.8. The van der Waals surface area contributed by atoms with E-state index in [2.05, 4.69) is 5.32 Å². The molecule has 0 bridgehead atoms. The van der Waals surface area contributed by atoms with Gasteiger partial charge in [0.1, 0.15) is 17.3 Å². The monoisotopic (exact) mass is 290 g/mol. The molecule has 2 aromatic rings. The van der Waals surface area contributed by atoms with Gasteiger partial charge in [0.05, 0.1) is 17.3 Å². The van der Waals surface area contributed by atoms with Crippen molar-refractivity contribution < 1.29 is 19.4 Å². The van der Waals surface area contributed by atoms with Gasteiger partial charge in [-0.3, -0.25) is 4.79 Å². The van der Waals surface area contributed by atoms with Gasteiger partial charge < -0.3 is 21.3 Å². The van der Waals surface area contributed by atoms with Crippen molar-refractivity contribution in [2.75, 3.05) is 5.32 Å². The molecule has 5 N–H and O–H groups in total. The molecule has 2 aromatic carbocycles. The zero-order chi connectivity index (χ0) is 15.6. The van der Waals surface area contributed by atoms with Crippen LogP contribution < -0.4 is 11.1 Å². The SMILES string of the molecule is CC(Nc1cc(C(N)=O)ccc1F)c1c(O)cccc1O. The van der Waals surface area contributed by atoms with Crippen molar-refractivity contribution >= 4 is 11.6 Å². The minimum Gasteiger partial charge on any atom is -0.507 e. The normalized spacial score (nSPS) is 11.9. The number of hydrogen-bond acceptors (Lipinski definition) is 4. The number of carbonyl (C=O) groups excluding carboxylic acids is 1. The highest BCUT2D eigenvalue weighted by Gasteiger charge is 2.17. The van der Waals surface area contributed by atoms with Crippen LogP contribution in [0.3, 0.4) is 0 Å². The van der Waals surface area contributed by atoms with Crippen molar-refractivity contribution in [3.05, 3.63) is 53.3 Å². The van der Waals surface area contributed by atoms with Gasteiger partial charge >= 0.3 is 0 Å². The Morgan fingerprint density at radius 2 is 1.86 bits per heavy atom. The highest BCUT2D eigenvalue weighted by molar-refractivity contribution is 5.93. The van der Waals surface area contributed by atoms with Crippen molar-refractivity contribution in [2.24, 2.45) is 5.73 Å². The Morgan fingerprint density at radius 1 is 1.24 bits per heavy atom. The number of phenols is 2. The number of primary amides is 1. The van der Waals surface area contributed by atoms with E-state index < -0.39 is 17.8 Å². The standard InChI is InChI=1S/C15H15FN2O3/c1-8(14-12(19)3-2-4-13(14)20)18-11-7-9(15(17)21)5-6-10(11)16/h2-8,18-20H,1H3,(H2,17,21). The molecule has 110 valence electrons. The van der Waals surface area contributed by atoms with Gasteiger partial charge in [0.25, 0.3) is 0 Å². The van der Waals surface area contributed by atoms with Crippen LogP contribution in [-0.2, 0) is 0 Å². The lowest BCUT2D eigenvalue weighted by Gasteiger charge is -2.18. The predicted molar refractivity (Wildman–Crippen MR) is 76.7 cm³/mol. The second-order valence-corrected chi connectivity index (χ2v) is 4.63. The molecule has 0 radical (unpaired) electrons. The van der Waals surface area contributed by atoms with Crippen LogP contribution in [0.15, 0.2) is 36.4 Å². The van der Waals surface area contributed by atoms with Crippen molar-refractivity contribution in [3.8, 4) is 11.5 Å². The summed E-state index contributed by atoms with van der Waals surface area (Å²) in [5, 5.41) is 22.4. The molecule has 0 fully saturated rings. The fourth-order valence-electron chi connectivity index (χ4n) is 2.08. The van der Waals surface area contributed by atoms with E-state index in [0.29, 0.717) is 0 Å². The summed E-state index contributed by atoms with van der Waals surface area (Å²) >= 11 is 0. The zero-order valence-electron chi connectivity index (χ0n) is 11.3. The number of rotatable bonds is 4. The minimum atomic E-state index is -0.670. The van der Waals surface area contributed by atoms with Gasteiger partial charge in [-0.1, -0.05) is 6.07 Å². The molecular weight excluding hydrogens is 275 g/mol. The smallest absolute Gasteiger partial charge is 0.248 e. The molecule has 21 heavy (non-hydrogen) atoms. The maximum absolute atomic E-state index is 13.8. The summed E-state index contributed by atoms with van der Waals surface area (Å²) in [6.07, 6.45) is 0. The average Bonchev–Trinajstić information content (AvgIpc) is 2.40. The molecular formula is C15H15FN2O3. The quantitative estimate of drug-likeness (QED) is 0.695. The molecule has 0 spiro atoms. The second kappa shape index (κ2) is 5.70. The van der Waals surface area contributed by atoms with Crippen LogP contribution in [0.2, 0.25) is 0 Å². The maximum Gasteiger partial charge on any atom is 0.248 e. The number of nitrogens with one attached hydrogen (secondary N) is 1. The Kier molecular flexibility index (Phi) is 3.98. The van der Waals surface area contributed by atoms with Crippen LogP contribution in [-0.4, -0.2) is 16.1 Å². The number of amides is 1. The summed E-state index contributed by atoms with van der Waals surface area (Å²) in [5.74, 6) is -1.46. The fourth-order valence-corrected chi connectivity index (χ4v) is 2.08. The van der Waals surface area contributed by atoms with Gasteiger partial charge in [0.15, 0.2) is 0 Å². The first-order chi connectivity index (χ1) is 9.90. The van der Waals surface area contributed by atoms with Gasteiger partial charge in [-0.25, -0.2) is 4.39 Å². The lowest BCUT2D eigenvalue weighted by molar-refractivity contribution is 0.100. The number of anilines is 1. The van der Waals surface area contributed by atoms with Gasteiger partial charge in [0, 0.05) is 5.56 Å². The first kappa shape index (κ1) is 14.6. The van der Waals surface area contributed by atoms with Gasteiger partial charge in [-0.05, 0) is 37.3 Å². The molecule has 0 saturated carbocycles. The van der Waals surface area contributed by atoms with Crippen LogP contribution >= 0.6 is 0 Å².